The molecule has 0 radical (unpaired) electrons. The van der Waals surface area contributed by atoms with Crippen molar-refractivity contribution >= 4 is 16.5 Å². The highest BCUT2D eigenvalue weighted by Gasteiger charge is 2.32. The van der Waals surface area contributed by atoms with E-state index in [1.54, 1.807) is 12.1 Å². The van der Waals surface area contributed by atoms with E-state index in [0.29, 0.717) is 11.3 Å². The molecule has 0 bridgehead atoms. The van der Waals surface area contributed by atoms with E-state index in [2.05, 4.69) is 6.07 Å². The number of allylic oxidation sites excluding steroid dienone is 1. The number of hydrogen-bond acceptors (Lipinski definition) is 5. The second-order valence-electron chi connectivity index (χ2n) is 5.98. The van der Waals surface area contributed by atoms with E-state index in [4.69, 9.17) is 10.5 Å². The van der Waals surface area contributed by atoms with Gasteiger partial charge in [-0.15, -0.1) is 0 Å². The number of nitro benzene ring substituents is 1. The molecule has 0 aliphatic carbocycles. The Balaban J connectivity index is 2.00. The molecule has 3 aromatic rings. The molecule has 6 nitrogen and oxygen atoms in total. The smallest absolute Gasteiger partial charge is 0.269 e. The Bertz CT molecular complexity index is 1130. The molecule has 1 heterocycles. The first-order valence-corrected chi connectivity index (χ1v) is 7.93. The molecule has 1 atom stereocenters. The quantitative estimate of drug-likeness (QED) is 0.560. The number of fused-ring (bicyclic) bond motifs is 3. The summed E-state index contributed by atoms with van der Waals surface area (Å²) in [5.41, 5.74) is 7.61. The molecule has 0 spiro atoms. The van der Waals surface area contributed by atoms with Gasteiger partial charge in [0.2, 0.25) is 5.88 Å². The number of benzene rings is 3. The van der Waals surface area contributed by atoms with Gasteiger partial charge >= 0.3 is 0 Å². The fourth-order valence-electron chi connectivity index (χ4n) is 3.35. The van der Waals surface area contributed by atoms with Crippen LogP contribution in [0.5, 0.6) is 5.75 Å². The number of ether oxygens (including phenoxy) is 1. The normalized spacial score (nSPS) is 15.9. The van der Waals surface area contributed by atoms with Gasteiger partial charge in [0.1, 0.15) is 17.4 Å². The molecule has 0 amide bonds. The number of nitrogens with two attached hydrogens (primary N) is 1. The van der Waals surface area contributed by atoms with E-state index < -0.39 is 10.8 Å². The summed E-state index contributed by atoms with van der Waals surface area (Å²) < 4.78 is 5.78. The molecule has 0 fully saturated rings. The van der Waals surface area contributed by atoms with E-state index in [0.717, 1.165) is 16.3 Å². The van der Waals surface area contributed by atoms with Gasteiger partial charge in [-0.05, 0) is 10.9 Å². The van der Waals surface area contributed by atoms with Gasteiger partial charge in [0, 0.05) is 23.1 Å². The lowest BCUT2D eigenvalue weighted by Gasteiger charge is -2.27. The summed E-state index contributed by atoms with van der Waals surface area (Å²) in [5, 5.41) is 22.6. The Morgan fingerprint density at radius 1 is 1.12 bits per heavy atom. The topological polar surface area (TPSA) is 102 Å². The number of non-ortho nitro benzene ring substituents is 1. The van der Waals surface area contributed by atoms with Gasteiger partial charge in [-0.25, -0.2) is 0 Å². The molecule has 1 unspecified atom stereocenters. The number of nitriles is 1. The average molecular weight is 343 g/mol. The summed E-state index contributed by atoms with van der Waals surface area (Å²) in [4.78, 5) is 10.7. The fraction of sp³-hybridized carbons (Fsp3) is 0.0500. The average Bonchev–Trinajstić information content (AvgIpc) is 2.67. The van der Waals surface area contributed by atoms with Crippen molar-refractivity contribution in [3.05, 3.63) is 93.4 Å². The van der Waals surface area contributed by atoms with Crippen LogP contribution in [0.25, 0.3) is 10.8 Å². The zero-order valence-electron chi connectivity index (χ0n) is 13.5. The zero-order chi connectivity index (χ0) is 18.3. The first-order chi connectivity index (χ1) is 12.6. The Hall–Kier alpha value is -3.85. The number of rotatable bonds is 2. The van der Waals surface area contributed by atoms with Crippen LogP contribution in [0.3, 0.4) is 0 Å². The monoisotopic (exact) mass is 343 g/mol. The maximum Gasteiger partial charge on any atom is 0.269 e. The molecule has 0 saturated carbocycles. The largest absolute Gasteiger partial charge is 0.440 e. The molecular weight excluding hydrogens is 330 g/mol. The van der Waals surface area contributed by atoms with Crippen LogP contribution in [0.1, 0.15) is 17.0 Å². The zero-order valence-corrected chi connectivity index (χ0v) is 13.5. The van der Waals surface area contributed by atoms with Crippen molar-refractivity contribution in [1.29, 1.82) is 5.26 Å². The van der Waals surface area contributed by atoms with Crippen LogP contribution in [-0.4, -0.2) is 4.92 Å². The molecule has 1 aliphatic heterocycles. The molecule has 126 valence electrons. The first-order valence-electron chi connectivity index (χ1n) is 7.93. The van der Waals surface area contributed by atoms with Crippen molar-refractivity contribution in [3.63, 3.8) is 0 Å². The summed E-state index contributed by atoms with van der Waals surface area (Å²) in [6.45, 7) is 0. The van der Waals surface area contributed by atoms with E-state index in [1.807, 2.05) is 36.4 Å². The molecule has 3 aromatic carbocycles. The van der Waals surface area contributed by atoms with Gasteiger partial charge in [-0.2, -0.15) is 5.26 Å². The maximum absolute atomic E-state index is 11.2. The molecule has 4 rings (SSSR count). The highest BCUT2D eigenvalue weighted by atomic mass is 16.6. The number of nitrogens with zero attached hydrogens (tertiary/aromatic N) is 2. The predicted octanol–water partition coefficient (Wildman–Crippen LogP) is 3.97. The molecule has 6 heteroatoms. The lowest BCUT2D eigenvalue weighted by Crippen LogP contribution is -2.21. The van der Waals surface area contributed by atoms with Crippen molar-refractivity contribution < 1.29 is 9.66 Å². The van der Waals surface area contributed by atoms with Crippen LogP contribution >= 0.6 is 0 Å². The highest BCUT2D eigenvalue weighted by Crippen LogP contribution is 2.45. The minimum Gasteiger partial charge on any atom is -0.440 e. The van der Waals surface area contributed by atoms with Crippen LogP contribution < -0.4 is 10.5 Å². The highest BCUT2D eigenvalue weighted by molar-refractivity contribution is 5.90. The lowest BCUT2D eigenvalue weighted by atomic mass is 9.82. The van der Waals surface area contributed by atoms with Gasteiger partial charge in [0.05, 0.1) is 10.8 Å². The maximum atomic E-state index is 11.2. The molecule has 26 heavy (non-hydrogen) atoms. The summed E-state index contributed by atoms with van der Waals surface area (Å²) in [5.74, 6) is 0.0808. The Kier molecular flexibility index (Phi) is 3.55. The standard InChI is InChI=1S/C20H13N3O3/c21-11-17-18(13-5-3-6-14(10-13)23(24)25)16-9-8-12-4-1-2-7-15(12)19(16)26-20(17)22/h1-10,18H,22H2. The van der Waals surface area contributed by atoms with Crippen LogP contribution in [0.2, 0.25) is 0 Å². The van der Waals surface area contributed by atoms with E-state index in [-0.39, 0.29) is 17.1 Å². The van der Waals surface area contributed by atoms with E-state index in [1.165, 1.54) is 12.1 Å². The van der Waals surface area contributed by atoms with E-state index >= 15 is 0 Å². The summed E-state index contributed by atoms with van der Waals surface area (Å²) in [6, 6.07) is 19.9. The molecular formula is C20H13N3O3. The third kappa shape index (κ3) is 2.34. The van der Waals surface area contributed by atoms with Crippen LogP contribution in [-0.2, 0) is 0 Å². The molecule has 2 N–H and O–H groups in total. The summed E-state index contributed by atoms with van der Waals surface area (Å²) >= 11 is 0. The predicted molar refractivity (Wildman–Crippen MR) is 96.3 cm³/mol. The molecule has 1 aliphatic rings. The Labute approximate surface area is 148 Å². The second kappa shape index (κ2) is 5.90. The van der Waals surface area contributed by atoms with Gasteiger partial charge in [-0.3, -0.25) is 10.1 Å². The van der Waals surface area contributed by atoms with Gasteiger partial charge in [0.15, 0.2) is 0 Å². The van der Waals surface area contributed by atoms with Crippen LogP contribution in [0.15, 0.2) is 72.1 Å². The van der Waals surface area contributed by atoms with Crippen LogP contribution in [0, 0.1) is 21.4 Å². The first kappa shape index (κ1) is 15.7. The fourth-order valence-corrected chi connectivity index (χ4v) is 3.35. The minimum absolute atomic E-state index is 0.0212. The summed E-state index contributed by atoms with van der Waals surface area (Å²) in [7, 11) is 0. The summed E-state index contributed by atoms with van der Waals surface area (Å²) in [6.07, 6.45) is 0. The lowest BCUT2D eigenvalue weighted by molar-refractivity contribution is -0.384. The second-order valence-corrected chi connectivity index (χ2v) is 5.98. The molecule has 0 aromatic heterocycles. The van der Waals surface area contributed by atoms with Crippen molar-refractivity contribution in [2.45, 2.75) is 5.92 Å². The van der Waals surface area contributed by atoms with Crippen LogP contribution in [0.4, 0.5) is 5.69 Å². The Morgan fingerprint density at radius 2 is 1.92 bits per heavy atom. The van der Waals surface area contributed by atoms with Crippen molar-refractivity contribution in [2.24, 2.45) is 5.73 Å². The van der Waals surface area contributed by atoms with Gasteiger partial charge in [-0.1, -0.05) is 48.5 Å². The van der Waals surface area contributed by atoms with E-state index in [9.17, 15) is 15.4 Å². The van der Waals surface area contributed by atoms with Gasteiger partial charge in [0.25, 0.3) is 5.69 Å². The van der Waals surface area contributed by atoms with Crippen molar-refractivity contribution in [1.82, 2.24) is 0 Å². The third-order valence-electron chi connectivity index (χ3n) is 4.52. The van der Waals surface area contributed by atoms with Crippen molar-refractivity contribution in [2.75, 3.05) is 0 Å². The SMILES string of the molecule is N#CC1=C(N)Oc2c(ccc3ccccc23)C1c1cccc([N+](=O)[O-])c1. The Morgan fingerprint density at radius 3 is 2.69 bits per heavy atom. The number of nitro groups is 1. The number of hydrogen-bond donors (Lipinski definition) is 1. The third-order valence-corrected chi connectivity index (χ3v) is 4.52. The van der Waals surface area contributed by atoms with Gasteiger partial charge < -0.3 is 10.5 Å². The van der Waals surface area contributed by atoms with Crippen molar-refractivity contribution in [3.8, 4) is 11.8 Å². The minimum atomic E-state index is -0.520. The molecule has 0 saturated heterocycles.